The van der Waals surface area contributed by atoms with Gasteiger partial charge in [-0.1, -0.05) is 24.3 Å². The second-order valence-electron chi connectivity index (χ2n) is 6.18. The molecule has 0 radical (unpaired) electrons. The lowest BCUT2D eigenvalue weighted by Gasteiger charge is -2.15. The predicted molar refractivity (Wildman–Crippen MR) is 96.0 cm³/mol. The molecule has 3 rings (SSSR count). The van der Waals surface area contributed by atoms with Crippen LogP contribution in [-0.4, -0.2) is 19.9 Å². The number of hydrogen-bond donors (Lipinski definition) is 1. The minimum Gasteiger partial charge on any atom is -0.493 e. The highest BCUT2D eigenvalue weighted by Gasteiger charge is 2.29. The van der Waals surface area contributed by atoms with Gasteiger partial charge in [0.2, 0.25) is 0 Å². The Bertz CT molecular complexity index is 872. The molecule has 1 unspecified atom stereocenters. The number of hydrogen-bond acceptors (Lipinski definition) is 4. The van der Waals surface area contributed by atoms with Crippen molar-refractivity contribution in [1.82, 2.24) is 5.32 Å². The van der Waals surface area contributed by atoms with Crippen molar-refractivity contribution in [3.8, 4) is 11.5 Å². The summed E-state index contributed by atoms with van der Waals surface area (Å²) in [4.78, 5) is 0. The van der Waals surface area contributed by atoms with E-state index in [0.717, 1.165) is 22.3 Å². The number of rotatable bonds is 7. The largest absolute Gasteiger partial charge is 0.493 e. The van der Waals surface area contributed by atoms with E-state index < -0.39 is 12.8 Å². The minimum absolute atomic E-state index is 0.0375. The van der Waals surface area contributed by atoms with Gasteiger partial charge in [0.25, 0.3) is 0 Å². The van der Waals surface area contributed by atoms with Gasteiger partial charge in [0.1, 0.15) is 11.3 Å². The Morgan fingerprint density at radius 3 is 2.56 bits per heavy atom. The first kappa shape index (κ1) is 19.1. The standard InChI is InChI=1S/C20H20F3NO3/c1-13(18-10-15-5-3-4-6-16(15)27-18)24-11-14-7-8-17(19(9-14)25-2)26-12-20(21,22)23/h3-10,13,24H,11-12H2,1-2H3. The van der Waals surface area contributed by atoms with Gasteiger partial charge in [-0.2, -0.15) is 13.2 Å². The monoisotopic (exact) mass is 379 g/mol. The van der Waals surface area contributed by atoms with Crippen molar-refractivity contribution in [1.29, 1.82) is 0 Å². The molecular formula is C20H20F3NO3. The summed E-state index contributed by atoms with van der Waals surface area (Å²) in [5.74, 6) is 1.13. The van der Waals surface area contributed by atoms with Gasteiger partial charge in [0, 0.05) is 11.9 Å². The molecule has 1 heterocycles. The van der Waals surface area contributed by atoms with Crippen molar-refractivity contribution in [2.75, 3.05) is 13.7 Å². The van der Waals surface area contributed by atoms with Crippen molar-refractivity contribution < 1.29 is 27.1 Å². The Morgan fingerprint density at radius 1 is 1.07 bits per heavy atom. The molecule has 7 heteroatoms. The normalized spacial score (nSPS) is 12.9. The van der Waals surface area contributed by atoms with Crippen LogP contribution >= 0.6 is 0 Å². The second kappa shape index (κ2) is 7.92. The fourth-order valence-corrected chi connectivity index (χ4v) is 2.69. The number of alkyl halides is 3. The maximum absolute atomic E-state index is 12.3. The van der Waals surface area contributed by atoms with Crippen molar-refractivity contribution in [2.24, 2.45) is 0 Å². The fourth-order valence-electron chi connectivity index (χ4n) is 2.69. The van der Waals surface area contributed by atoms with Gasteiger partial charge in [-0.15, -0.1) is 0 Å². The van der Waals surface area contributed by atoms with Crippen LogP contribution in [0.25, 0.3) is 11.0 Å². The van der Waals surface area contributed by atoms with Gasteiger partial charge in [-0.25, -0.2) is 0 Å². The van der Waals surface area contributed by atoms with Crippen LogP contribution in [0.15, 0.2) is 52.9 Å². The molecule has 0 aliphatic heterocycles. The van der Waals surface area contributed by atoms with E-state index >= 15 is 0 Å². The molecule has 1 N–H and O–H groups in total. The van der Waals surface area contributed by atoms with E-state index in [4.69, 9.17) is 13.9 Å². The third-order valence-corrected chi connectivity index (χ3v) is 4.10. The molecule has 1 aromatic heterocycles. The molecule has 144 valence electrons. The van der Waals surface area contributed by atoms with Crippen LogP contribution in [0.4, 0.5) is 13.2 Å². The summed E-state index contributed by atoms with van der Waals surface area (Å²) in [6.45, 7) is 1.12. The summed E-state index contributed by atoms with van der Waals surface area (Å²) in [7, 11) is 1.39. The number of ether oxygens (including phenoxy) is 2. The Balaban J connectivity index is 1.64. The van der Waals surface area contributed by atoms with Gasteiger partial charge in [0.05, 0.1) is 13.2 Å². The SMILES string of the molecule is COc1cc(CNC(C)c2cc3ccccc3o2)ccc1OCC(F)(F)F. The average molecular weight is 379 g/mol. The molecule has 27 heavy (non-hydrogen) atoms. The Labute approximate surface area is 154 Å². The average Bonchev–Trinajstić information content (AvgIpc) is 3.08. The van der Waals surface area contributed by atoms with Crippen LogP contribution in [-0.2, 0) is 6.54 Å². The van der Waals surface area contributed by atoms with E-state index in [1.807, 2.05) is 37.3 Å². The molecule has 4 nitrogen and oxygen atoms in total. The van der Waals surface area contributed by atoms with Gasteiger partial charge in [-0.3, -0.25) is 0 Å². The van der Waals surface area contributed by atoms with E-state index in [9.17, 15) is 13.2 Å². The molecule has 2 aromatic carbocycles. The lowest BCUT2D eigenvalue weighted by molar-refractivity contribution is -0.153. The maximum atomic E-state index is 12.3. The van der Waals surface area contributed by atoms with Crippen molar-refractivity contribution in [2.45, 2.75) is 25.7 Å². The third kappa shape index (κ3) is 4.95. The van der Waals surface area contributed by atoms with Crippen LogP contribution in [0.1, 0.15) is 24.3 Å². The molecule has 0 amide bonds. The lowest BCUT2D eigenvalue weighted by atomic mass is 10.1. The highest BCUT2D eigenvalue weighted by Crippen LogP contribution is 2.30. The third-order valence-electron chi connectivity index (χ3n) is 4.10. The van der Waals surface area contributed by atoms with E-state index in [2.05, 4.69) is 5.32 Å². The molecule has 1 atom stereocenters. The van der Waals surface area contributed by atoms with Gasteiger partial charge in [-0.05, 0) is 36.8 Å². The summed E-state index contributed by atoms with van der Waals surface area (Å²) in [5, 5.41) is 4.37. The maximum Gasteiger partial charge on any atom is 0.422 e. The van der Waals surface area contributed by atoms with Crippen LogP contribution < -0.4 is 14.8 Å². The van der Waals surface area contributed by atoms with Crippen LogP contribution in [0, 0.1) is 0 Å². The molecule has 0 aliphatic carbocycles. The molecule has 0 saturated heterocycles. The molecule has 0 spiro atoms. The van der Waals surface area contributed by atoms with E-state index in [0.29, 0.717) is 6.54 Å². The smallest absolute Gasteiger partial charge is 0.422 e. The van der Waals surface area contributed by atoms with Crippen molar-refractivity contribution >= 4 is 11.0 Å². The van der Waals surface area contributed by atoms with Crippen molar-refractivity contribution in [3.05, 3.63) is 59.9 Å². The summed E-state index contributed by atoms with van der Waals surface area (Å²) < 4.78 is 52.7. The van der Waals surface area contributed by atoms with Crippen molar-refractivity contribution in [3.63, 3.8) is 0 Å². The van der Waals surface area contributed by atoms with E-state index in [1.165, 1.54) is 13.2 Å². The topological polar surface area (TPSA) is 43.6 Å². The number of fused-ring (bicyclic) bond motifs is 1. The number of benzene rings is 2. The molecule has 0 bridgehead atoms. The molecule has 0 saturated carbocycles. The number of methoxy groups -OCH3 is 1. The minimum atomic E-state index is -4.40. The highest BCUT2D eigenvalue weighted by molar-refractivity contribution is 5.77. The number of nitrogens with one attached hydrogen (secondary N) is 1. The Kier molecular flexibility index (Phi) is 5.60. The van der Waals surface area contributed by atoms with Crippen LogP contribution in [0.2, 0.25) is 0 Å². The number of para-hydroxylation sites is 1. The van der Waals surface area contributed by atoms with Gasteiger partial charge < -0.3 is 19.2 Å². The summed E-state index contributed by atoms with van der Waals surface area (Å²) in [5.41, 5.74) is 1.68. The molecular weight excluding hydrogens is 359 g/mol. The zero-order valence-corrected chi connectivity index (χ0v) is 15.0. The predicted octanol–water partition coefficient (Wildman–Crippen LogP) is 5.23. The van der Waals surface area contributed by atoms with Gasteiger partial charge >= 0.3 is 6.18 Å². The fraction of sp³-hybridized carbons (Fsp3) is 0.300. The Morgan fingerprint density at radius 2 is 1.85 bits per heavy atom. The first-order chi connectivity index (χ1) is 12.9. The first-order valence-electron chi connectivity index (χ1n) is 8.44. The zero-order valence-electron chi connectivity index (χ0n) is 15.0. The van der Waals surface area contributed by atoms with E-state index in [1.54, 1.807) is 12.1 Å². The van der Waals surface area contributed by atoms with Crippen LogP contribution in [0.5, 0.6) is 11.5 Å². The first-order valence-corrected chi connectivity index (χ1v) is 8.44. The highest BCUT2D eigenvalue weighted by atomic mass is 19.4. The van der Waals surface area contributed by atoms with Gasteiger partial charge in [0.15, 0.2) is 18.1 Å². The number of halogens is 3. The van der Waals surface area contributed by atoms with Crippen LogP contribution in [0.3, 0.4) is 0 Å². The lowest BCUT2D eigenvalue weighted by Crippen LogP contribution is -2.20. The second-order valence-corrected chi connectivity index (χ2v) is 6.18. The zero-order chi connectivity index (χ0) is 19.4. The summed E-state index contributed by atoms with van der Waals surface area (Å²) in [6.07, 6.45) is -4.40. The number of furan rings is 1. The summed E-state index contributed by atoms with van der Waals surface area (Å²) in [6, 6.07) is 14.6. The molecule has 3 aromatic rings. The van der Waals surface area contributed by atoms with E-state index in [-0.39, 0.29) is 17.5 Å². The molecule has 0 aliphatic rings. The Hall–Kier alpha value is -2.67. The quantitative estimate of drug-likeness (QED) is 0.610. The summed E-state index contributed by atoms with van der Waals surface area (Å²) >= 11 is 0. The molecule has 0 fully saturated rings.